The second-order valence-corrected chi connectivity index (χ2v) is 5.60. The maximum Gasteiger partial charge on any atom is 0.319 e. The van der Waals surface area contributed by atoms with Crippen molar-refractivity contribution in [2.75, 3.05) is 5.32 Å². The third kappa shape index (κ3) is 5.79. The first kappa shape index (κ1) is 16.8. The lowest BCUT2D eigenvalue weighted by atomic mass is 10.1. The van der Waals surface area contributed by atoms with Crippen molar-refractivity contribution >= 4 is 45.2 Å². The van der Waals surface area contributed by atoms with Crippen molar-refractivity contribution in [3.63, 3.8) is 0 Å². The third-order valence-corrected chi connectivity index (χ3v) is 3.50. The van der Waals surface area contributed by atoms with Crippen LogP contribution in [0.1, 0.15) is 26.2 Å². The van der Waals surface area contributed by atoms with E-state index in [0.717, 1.165) is 6.42 Å². The van der Waals surface area contributed by atoms with Crippen molar-refractivity contribution < 1.29 is 14.7 Å². The molecule has 20 heavy (non-hydrogen) atoms. The largest absolute Gasteiger partial charge is 0.481 e. The molecule has 1 aromatic rings. The van der Waals surface area contributed by atoms with E-state index in [1.807, 2.05) is 6.92 Å². The molecule has 110 valence electrons. The van der Waals surface area contributed by atoms with Gasteiger partial charge in [-0.15, -0.1) is 0 Å². The molecule has 0 spiro atoms. The van der Waals surface area contributed by atoms with E-state index in [9.17, 15) is 9.59 Å². The van der Waals surface area contributed by atoms with Gasteiger partial charge in [-0.05, 0) is 40.5 Å². The molecule has 0 aliphatic carbocycles. The molecule has 7 heteroatoms. The molecule has 2 amide bonds. The van der Waals surface area contributed by atoms with Gasteiger partial charge in [0.15, 0.2) is 0 Å². The van der Waals surface area contributed by atoms with E-state index in [4.69, 9.17) is 16.7 Å². The van der Waals surface area contributed by atoms with E-state index in [-0.39, 0.29) is 6.42 Å². The number of hydrogen-bond donors (Lipinski definition) is 3. The van der Waals surface area contributed by atoms with Crippen molar-refractivity contribution in [3.05, 3.63) is 27.7 Å². The number of carboxylic acids is 1. The standard InChI is InChI=1S/C13H16BrClN2O3/c1-2-3-9(7-12(18)19)16-13(20)17-11-6-8(15)4-5-10(11)14/h4-6,9H,2-3,7H2,1H3,(H,18,19)(H2,16,17,20). The molecule has 0 fully saturated rings. The minimum absolute atomic E-state index is 0.0992. The molecule has 0 radical (unpaired) electrons. The van der Waals surface area contributed by atoms with Crippen LogP contribution in [0, 0.1) is 0 Å². The maximum absolute atomic E-state index is 11.9. The number of aliphatic carboxylic acids is 1. The highest BCUT2D eigenvalue weighted by Crippen LogP contribution is 2.25. The van der Waals surface area contributed by atoms with Gasteiger partial charge in [0.25, 0.3) is 0 Å². The molecule has 0 bridgehead atoms. The number of anilines is 1. The monoisotopic (exact) mass is 362 g/mol. The normalized spacial score (nSPS) is 11.8. The number of nitrogens with one attached hydrogen (secondary N) is 2. The predicted octanol–water partition coefficient (Wildman–Crippen LogP) is 3.87. The van der Waals surface area contributed by atoms with Crippen molar-refractivity contribution in [2.24, 2.45) is 0 Å². The molecule has 0 aliphatic rings. The lowest BCUT2D eigenvalue weighted by Crippen LogP contribution is -2.39. The average molecular weight is 364 g/mol. The molecule has 1 unspecified atom stereocenters. The molecule has 5 nitrogen and oxygen atoms in total. The summed E-state index contributed by atoms with van der Waals surface area (Å²) in [6.45, 7) is 1.93. The molecule has 0 saturated heterocycles. The smallest absolute Gasteiger partial charge is 0.319 e. The SMILES string of the molecule is CCCC(CC(=O)O)NC(=O)Nc1cc(Cl)ccc1Br. The Balaban J connectivity index is 2.65. The highest BCUT2D eigenvalue weighted by molar-refractivity contribution is 9.10. The highest BCUT2D eigenvalue weighted by Gasteiger charge is 2.15. The fraction of sp³-hybridized carbons (Fsp3) is 0.385. The van der Waals surface area contributed by atoms with Crippen LogP contribution in [0.15, 0.2) is 22.7 Å². The Hall–Kier alpha value is -1.27. The van der Waals surface area contributed by atoms with Gasteiger partial charge < -0.3 is 15.7 Å². The Morgan fingerprint density at radius 3 is 2.75 bits per heavy atom. The number of halogens is 2. The van der Waals surface area contributed by atoms with Gasteiger partial charge in [0.1, 0.15) is 0 Å². The van der Waals surface area contributed by atoms with Crippen LogP contribution in [0.2, 0.25) is 5.02 Å². The van der Waals surface area contributed by atoms with Crippen LogP contribution in [0.4, 0.5) is 10.5 Å². The van der Waals surface area contributed by atoms with Crippen molar-refractivity contribution in [3.8, 4) is 0 Å². The lowest BCUT2D eigenvalue weighted by Gasteiger charge is -2.17. The van der Waals surface area contributed by atoms with E-state index in [1.54, 1.807) is 18.2 Å². The first-order valence-corrected chi connectivity index (χ1v) is 7.33. The Kier molecular flexibility index (Phi) is 6.81. The molecule has 1 atom stereocenters. The Morgan fingerprint density at radius 2 is 2.15 bits per heavy atom. The summed E-state index contributed by atoms with van der Waals surface area (Å²) in [7, 11) is 0. The van der Waals surface area contributed by atoms with Gasteiger partial charge in [0.2, 0.25) is 0 Å². The van der Waals surface area contributed by atoms with Gasteiger partial charge >= 0.3 is 12.0 Å². The number of hydrogen-bond acceptors (Lipinski definition) is 2. The van der Waals surface area contributed by atoms with Gasteiger partial charge in [-0.2, -0.15) is 0 Å². The molecular weight excluding hydrogens is 348 g/mol. The molecule has 0 aromatic heterocycles. The van der Waals surface area contributed by atoms with Gasteiger partial charge in [-0.3, -0.25) is 4.79 Å². The molecule has 0 aliphatic heterocycles. The van der Waals surface area contributed by atoms with E-state index >= 15 is 0 Å². The number of carbonyl (C=O) groups excluding carboxylic acids is 1. The summed E-state index contributed by atoms with van der Waals surface area (Å²) in [6.07, 6.45) is 1.30. The van der Waals surface area contributed by atoms with Crippen LogP contribution in [0.3, 0.4) is 0 Å². The zero-order valence-corrected chi connectivity index (χ0v) is 13.3. The second-order valence-electron chi connectivity index (χ2n) is 4.31. The highest BCUT2D eigenvalue weighted by atomic mass is 79.9. The Morgan fingerprint density at radius 1 is 1.45 bits per heavy atom. The summed E-state index contributed by atoms with van der Waals surface area (Å²) < 4.78 is 0.697. The number of urea groups is 1. The topological polar surface area (TPSA) is 78.4 Å². The van der Waals surface area contributed by atoms with Crippen LogP contribution in [0.25, 0.3) is 0 Å². The first-order chi connectivity index (χ1) is 9.42. The molecule has 0 heterocycles. The summed E-state index contributed by atoms with van der Waals surface area (Å²) in [5.74, 6) is -0.937. The van der Waals surface area contributed by atoms with Crippen LogP contribution < -0.4 is 10.6 Å². The van der Waals surface area contributed by atoms with E-state index in [1.165, 1.54) is 0 Å². The van der Waals surface area contributed by atoms with Gasteiger partial charge in [-0.25, -0.2) is 4.79 Å². The van der Waals surface area contributed by atoms with Crippen LogP contribution in [-0.4, -0.2) is 23.1 Å². The van der Waals surface area contributed by atoms with Crippen molar-refractivity contribution in [1.82, 2.24) is 5.32 Å². The fourth-order valence-corrected chi connectivity index (χ4v) is 2.24. The first-order valence-electron chi connectivity index (χ1n) is 6.16. The summed E-state index contributed by atoms with van der Waals surface area (Å²) in [6, 6.07) is 4.18. The summed E-state index contributed by atoms with van der Waals surface area (Å²) in [5, 5.41) is 14.6. The zero-order chi connectivity index (χ0) is 15.1. The van der Waals surface area contributed by atoms with E-state index in [2.05, 4.69) is 26.6 Å². The predicted molar refractivity (Wildman–Crippen MR) is 82.3 cm³/mol. The maximum atomic E-state index is 11.9. The molecule has 3 N–H and O–H groups in total. The molecule has 0 saturated carbocycles. The van der Waals surface area contributed by atoms with Crippen LogP contribution >= 0.6 is 27.5 Å². The number of carboxylic acid groups (broad SMARTS) is 1. The second kappa shape index (κ2) is 8.11. The Bertz CT molecular complexity index is 497. The lowest BCUT2D eigenvalue weighted by molar-refractivity contribution is -0.137. The van der Waals surface area contributed by atoms with Crippen LogP contribution in [-0.2, 0) is 4.79 Å². The number of rotatable bonds is 6. The summed E-state index contributed by atoms with van der Waals surface area (Å²) in [5.41, 5.74) is 0.528. The summed E-state index contributed by atoms with van der Waals surface area (Å²) in [4.78, 5) is 22.6. The van der Waals surface area contributed by atoms with E-state index < -0.39 is 18.0 Å². The molecular formula is C13H16BrClN2O3. The minimum Gasteiger partial charge on any atom is -0.481 e. The van der Waals surface area contributed by atoms with Gasteiger partial charge in [-0.1, -0.05) is 24.9 Å². The van der Waals surface area contributed by atoms with Crippen molar-refractivity contribution in [2.45, 2.75) is 32.2 Å². The van der Waals surface area contributed by atoms with Gasteiger partial charge in [0, 0.05) is 15.5 Å². The number of carbonyl (C=O) groups is 2. The van der Waals surface area contributed by atoms with Crippen LogP contribution in [0.5, 0.6) is 0 Å². The third-order valence-electron chi connectivity index (χ3n) is 2.57. The minimum atomic E-state index is -0.937. The van der Waals surface area contributed by atoms with Crippen molar-refractivity contribution in [1.29, 1.82) is 0 Å². The number of amides is 2. The quantitative estimate of drug-likeness (QED) is 0.718. The zero-order valence-electron chi connectivity index (χ0n) is 11.0. The molecule has 1 rings (SSSR count). The number of benzene rings is 1. The Labute approximate surface area is 130 Å². The molecule has 1 aromatic carbocycles. The summed E-state index contributed by atoms with van der Waals surface area (Å²) >= 11 is 9.16. The fourth-order valence-electron chi connectivity index (χ4n) is 1.72. The van der Waals surface area contributed by atoms with E-state index in [0.29, 0.717) is 21.6 Å². The average Bonchev–Trinajstić information content (AvgIpc) is 2.33. The van der Waals surface area contributed by atoms with Gasteiger partial charge in [0.05, 0.1) is 12.1 Å².